The van der Waals surface area contributed by atoms with Crippen LogP contribution in [0.5, 0.6) is 0 Å². The summed E-state index contributed by atoms with van der Waals surface area (Å²) in [5, 5.41) is 8.96. The largest absolute Gasteiger partial charge is 0.408 e. The molecule has 0 saturated carbocycles. The van der Waals surface area contributed by atoms with Crippen LogP contribution < -0.4 is 0 Å². The Morgan fingerprint density at radius 3 is 1.76 bits per heavy atom. The van der Waals surface area contributed by atoms with E-state index in [0.717, 1.165) is 12.8 Å². The maximum atomic E-state index is 8.96. The average molecular weight is 258 g/mol. The fourth-order valence-electron chi connectivity index (χ4n) is 2.33. The summed E-state index contributed by atoms with van der Waals surface area (Å²) in [5.41, 5.74) is -0.156. The van der Waals surface area contributed by atoms with Gasteiger partial charge in [-0.15, -0.1) is 0 Å². The standard InChI is InChI=1S/C14H30O2Si/c1-6-14(7-2,12-11-13-15)16-17(8-3,9-4)10-5/h11-12,15H,6-10,13H2,1-5H3/b12-11+. The third kappa shape index (κ3) is 4.57. The van der Waals surface area contributed by atoms with E-state index in [2.05, 4.69) is 40.7 Å². The summed E-state index contributed by atoms with van der Waals surface area (Å²) in [5.74, 6) is 0. The molecular formula is C14H30O2Si. The summed E-state index contributed by atoms with van der Waals surface area (Å²) < 4.78 is 6.61. The van der Waals surface area contributed by atoms with Crippen molar-refractivity contribution in [3.05, 3.63) is 12.2 Å². The summed E-state index contributed by atoms with van der Waals surface area (Å²) in [6.45, 7) is 11.2. The van der Waals surface area contributed by atoms with Crippen molar-refractivity contribution in [1.82, 2.24) is 0 Å². The van der Waals surface area contributed by atoms with Crippen LogP contribution in [0.25, 0.3) is 0 Å². The summed E-state index contributed by atoms with van der Waals surface area (Å²) in [4.78, 5) is 0. The summed E-state index contributed by atoms with van der Waals surface area (Å²) in [6.07, 6.45) is 5.87. The molecule has 0 fully saturated rings. The Bertz CT molecular complexity index is 210. The number of aliphatic hydroxyl groups is 1. The van der Waals surface area contributed by atoms with E-state index in [9.17, 15) is 0 Å². The zero-order chi connectivity index (χ0) is 13.4. The third-order valence-electron chi connectivity index (χ3n) is 4.08. The van der Waals surface area contributed by atoms with Crippen molar-refractivity contribution in [3.63, 3.8) is 0 Å². The first kappa shape index (κ1) is 16.9. The van der Waals surface area contributed by atoms with Crippen LogP contribution >= 0.6 is 0 Å². The fourth-order valence-corrected chi connectivity index (χ4v) is 5.48. The van der Waals surface area contributed by atoms with Crippen LogP contribution in [0.4, 0.5) is 0 Å². The second-order valence-corrected chi connectivity index (χ2v) is 9.39. The number of aliphatic hydroxyl groups excluding tert-OH is 1. The van der Waals surface area contributed by atoms with Gasteiger partial charge in [-0.25, -0.2) is 0 Å². The Kier molecular flexibility index (Phi) is 8.00. The Labute approximate surface area is 108 Å². The third-order valence-corrected chi connectivity index (χ3v) is 8.78. The van der Waals surface area contributed by atoms with Gasteiger partial charge in [0.2, 0.25) is 0 Å². The lowest BCUT2D eigenvalue weighted by molar-refractivity contribution is 0.0965. The molecule has 0 atom stereocenters. The van der Waals surface area contributed by atoms with E-state index in [4.69, 9.17) is 9.53 Å². The van der Waals surface area contributed by atoms with Crippen LogP contribution in [-0.4, -0.2) is 25.6 Å². The highest BCUT2D eigenvalue weighted by atomic mass is 28.4. The van der Waals surface area contributed by atoms with Crippen LogP contribution in [0.2, 0.25) is 18.1 Å². The van der Waals surface area contributed by atoms with Crippen LogP contribution in [0, 0.1) is 0 Å². The van der Waals surface area contributed by atoms with E-state index in [0.29, 0.717) is 0 Å². The zero-order valence-corrected chi connectivity index (χ0v) is 13.3. The molecule has 0 aliphatic heterocycles. The molecule has 2 nitrogen and oxygen atoms in total. The molecule has 0 aromatic carbocycles. The minimum atomic E-state index is -1.58. The molecule has 0 rings (SSSR count). The van der Waals surface area contributed by atoms with Crippen molar-refractivity contribution < 1.29 is 9.53 Å². The Morgan fingerprint density at radius 2 is 1.47 bits per heavy atom. The Hall–Kier alpha value is -0.123. The van der Waals surface area contributed by atoms with Gasteiger partial charge in [0.25, 0.3) is 0 Å². The minimum Gasteiger partial charge on any atom is -0.408 e. The molecule has 0 saturated heterocycles. The van der Waals surface area contributed by atoms with E-state index in [1.54, 1.807) is 0 Å². The van der Waals surface area contributed by atoms with Gasteiger partial charge >= 0.3 is 0 Å². The lowest BCUT2D eigenvalue weighted by Crippen LogP contribution is -2.46. The number of rotatable bonds is 9. The normalized spacial score (nSPS) is 13.5. The zero-order valence-electron chi connectivity index (χ0n) is 12.3. The van der Waals surface area contributed by atoms with Gasteiger partial charge in [0.05, 0.1) is 12.2 Å². The Morgan fingerprint density at radius 1 is 1.00 bits per heavy atom. The van der Waals surface area contributed by atoms with Crippen LogP contribution in [-0.2, 0) is 4.43 Å². The predicted octanol–water partition coefficient (Wildman–Crippen LogP) is 4.12. The van der Waals surface area contributed by atoms with Crippen LogP contribution in [0.1, 0.15) is 47.5 Å². The lowest BCUT2D eigenvalue weighted by atomic mass is 9.97. The molecule has 17 heavy (non-hydrogen) atoms. The van der Waals surface area contributed by atoms with Crippen molar-refractivity contribution in [3.8, 4) is 0 Å². The topological polar surface area (TPSA) is 29.5 Å². The van der Waals surface area contributed by atoms with Crippen molar-refractivity contribution in [2.24, 2.45) is 0 Å². The average Bonchev–Trinajstić information content (AvgIpc) is 2.41. The molecule has 0 aromatic rings. The first-order chi connectivity index (χ1) is 8.07. The molecule has 102 valence electrons. The monoisotopic (exact) mass is 258 g/mol. The van der Waals surface area contributed by atoms with E-state index >= 15 is 0 Å². The van der Waals surface area contributed by atoms with Gasteiger partial charge in [-0.1, -0.05) is 46.8 Å². The first-order valence-corrected chi connectivity index (χ1v) is 9.59. The lowest BCUT2D eigenvalue weighted by Gasteiger charge is -2.40. The van der Waals surface area contributed by atoms with Crippen LogP contribution in [0.15, 0.2) is 12.2 Å². The quantitative estimate of drug-likeness (QED) is 0.498. The van der Waals surface area contributed by atoms with E-state index < -0.39 is 8.32 Å². The minimum absolute atomic E-state index is 0.101. The number of hydrogen-bond acceptors (Lipinski definition) is 2. The SMILES string of the molecule is CCC(/C=C/CO)(CC)O[Si](CC)(CC)CC. The molecule has 0 aliphatic rings. The molecule has 1 N–H and O–H groups in total. The van der Waals surface area contributed by atoms with Gasteiger partial charge in [0.1, 0.15) is 0 Å². The van der Waals surface area contributed by atoms with Crippen LogP contribution in [0.3, 0.4) is 0 Å². The molecule has 0 aromatic heterocycles. The molecule has 0 spiro atoms. The first-order valence-electron chi connectivity index (χ1n) is 7.06. The molecular weight excluding hydrogens is 228 g/mol. The highest BCUT2D eigenvalue weighted by Gasteiger charge is 2.37. The molecule has 0 aliphatic carbocycles. The van der Waals surface area contributed by atoms with E-state index in [-0.39, 0.29) is 12.2 Å². The van der Waals surface area contributed by atoms with Crippen molar-refractivity contribution in [1.29, 1.82) is 0 Å². The Balaban J connectivity index is 5.00. The van der Waals surface area contributed by atoms with E-state index in [1.165, 1.54) is 18.1 Å². The maximum absolute atomic E-state index is 8.96. The van der Waals surface area contributed by atoms with Crippen molar-refractivity contribution >= 4 is 8.32 Å². The molecule has 0 radical (unpaired) electrons. The fraction of sp³-hybridized carbons (Fsp3) is 0.857. The van der Waals surface area contributed by atoms with Gasteiger partial charge in [-0.2, -0.15) is 0 Å². The van der Waals surface area contributed by atoms with Crippen molar-refractivity contribution in [2.75, 3.05) is 6.61 Å². The molecule has 0 bridgehead atoms. The molecule has 3 heteroatoms. The predicted molar refractivity (Wildman–Crippen MR) is 77.8 cm³/mol. The summed E-state index contributed by atoms with van der Waals surface area (Å²) in [6, 6.07) is 3.53. The maximum Gasteiger partial charge on any atom is 0.193 e. The van der Waals surface area contributed by atoms with Gasteiger partial charge in [0.15, 0.2) is 8.32 Å². The molecule has 0 amide bonds. The number of hydrogen-bond donors (Lipinski definition) is 1. The molecule has 0 heterocycles. The highest BCUT2D eigenvalue weighted by Crippen LogP contribution is 2.32. The summed E-state index contributed by atoms with van der Waals surface area (Å²) >= 11 is 0. The highest BCUT2D eigenvalue weighted by molar-refractivity contribution is 6.73. The van der Waals surface area contributed by atoms with Crippen molar-refractivity contribution in [2.45, 2.75) is 71.2 Å². The smallest absolute Gasteiger partial charge is 0.193 e. The second kappa shape index (κ2) is 8.06. The van der Waals surface area contributed by atoms with E-state index in [1.807, 2.05) is 6.08 Å². The van der Waals surface area contributed by atoms with Gasteiger partial charge < -0.3 is 9.53 Å². The second-order valence-electron chi connectivity index (χ2n) is 4.70. The van der Waals surface area contributed by atoms with Gasteiger partial charge in [-0.3, -0.25) is 0 Å². The van der Waals surface area contributed by atoms with Gasteiger partial charge in [0, 0.05) is 0 Å². The van der Waals surface area contributed by atoms with Gasteiger partial charge in [-0.05, 0) is 31.0 Å². The molecule has 0 unspecified atom stereocenters. The summed E-state index contributed by atoms with van der Waals surface area (Å²) in [7, 11) is -1.58.